The third-order valence-corrected chi connectivity index (χ3v) is 8.86. The Morgan fingerprint density at radius 3 is 2.19 bits per heavy atom. The molecule has 0 heterocycles. The molecule has 1 saturated carbocycles. The molecule has 1 aliphatic rings. The van der Waals surface area contributed by atoms with Gasteiger partial charge in [-0.3, -0.25) is 14.4 Å². The van der Waals surface area contributed by atoms with Crippen LogP contribution in [-0.4, -0.2) is 107 Å². The Bertz CT molecular complexity index is 688. The van der Waals surface area contributed by atoms with Crippen molar-refractivity contribution in [2.75, 3.05) is 17.3 Å². The van der Waals surface area contributed by atoms with E-state index in [4.69, 9.17) is 10.8 Å². The number of unbranched alkanes of at least 4 members (excludes halogenated alkanes) is 5. The van der Waals surface area contributed by atoms with Crippen LogP contribution in [0, 0.1) is 5.92 Å². The Labute approximate surface area is 220 Å². The first-order chi connectivity index (χ1) is 17.0. The molecule has 0 unspecified atom stereocenters. The summed E-state index contributed by atoms with van der Waals surface area (Å²) in [6.07, 6.45) is -0.672. The van der Waals surface area contributed by atoms with Crippen molar-refractivity contribution in [3.8, 4) is 0 Å². The van der Waals surface area contributed by atoms with E-state index in [-0.39, 0.29) is 12.2 Å². The number of carboxylic acids is 1. The second-order valence-corrected chi connectivity index (χ2v) is 11.6. The van der Waals surface area contributed by atoms with Gasteiger partial charge >= 0.3 is 5.97 Å². The summed E-state index contributed by atoms with van der Waals surface area (Å²) in [5.74, 6) is -3.18. The number of amides is 2. The number of thioether (sulfide) groups is 2. The van der Waals surface area contributed by atoms with Gasteiger partial charge in [0.2, 0.25) is 11.8 Å². The zero-order valence-corrected chi connectivity index (χ0v) is 22.3. The lowest BCUT2D eigenvalue weighted by Crippen LogP contribution is -2.58. The van der Waals surface area contributed by atoms with E-state index in [1.165, 1.54) is 37.4 Å². The van der Waals surface area contributed by atoms with Crippen LogP contribution in [0.4, 0.5) is 0 Å². The van der Waals surface area contributed by atoms with Crippen LogP contribution in [0.1, 0.15) is 58.3 Å². The van der Waals surface area contributed by atoms with Gasteiger partial charge in [0.15, 0.2) is 0 Å². The van der Waals surface area contributed by atoms with Crippen molar-refractivity contribution in [2.24, 2.45) is 11.7 Å². The topological polar surface area (TPSA) is 211 Å². The zero-order valence-electron chi connectivity index (χ0n) is 20.7. The lowest BCUT2D eigenvalue weighted by atomic mass is 9.82. The highest BCUT2D eigenvalue weighted by molar-refractivity contribution is 8.00. The molecule has 0 aliphatic heterocycles. The number of carboxylic acid groups (broad SMARTS) is 1. The number of hydrogen-bond donors (Lipinski definition) is 8. The highest BCUT2D eigenvalue weighted by Gasteiger charge is 2.46. The lowest BCUT2D eigenvalue weighted by molar-refractivity contribution is -0.142. The second-order valence-electron chi connectivity index (χ2n) is 9.23. The van der Waals surface area contributed by atoms with Crippen LogP contribution in [0.5, 0.6) is 0 Å². The molecule has 1 fully saturated rings. The van der Waals surface area contributed by atoms with Gasteiger partial charge in [-0.25, -0.2) is 0 Å². The second kappa shape index (κ2) is 17.4. The Hall–Kier alpha value is -1.09. The Morgan fingerprint density at radius 2 is 1.58 bits per heavy atom. The predicted molar refractivity (Wildman–Crippen MR) is 138 cm³/mol. The third-order valence-electron chi connectivity index (χ3n) is 6.18. The van der Waals surface area contributed by atoms with Gasteiger partial charge in [0.05, 0.1) is 36.8 Å². The van der Waals surface area contributed by atoms with Gasteiger partial charge in [0.25, 0.3) is 0 Å². The number of rotatable bonds is 18. The van der Waals surface area contributed by atoms with Crippen molar-refractivity contribution in [1.82, 2.24) is 5.32 Å². The first kappa shape index (κ1) is 32.9. The van der Waals surface area contributed by atoms with E-state index >= 15 is 0 Å². The van der Waals surface area contributed by atoms with Crippen molar-refractivity contribution in [1.29, 1.82) is 0 Å². The summed E-state index contributed by atoms with van der Waals surface area (Å²) < 4.78 is 0. The molecule has 8 atom stereocenters. The molecule has 36 heavy (non-hydrogen) atoms. The quantitative estimate of drug-likeness (QED) is 0.101. The molecule has 0 spiro atoms. The molecule has 1 rings (SSSR count). The molecule has 0 aromatic heterocycles. The van der Waals surface area contributed by atoms with E-state index in [0.717, 1.165) is 30.4 Å². The summed E-state index contributed by atoms with van der Waals surface area (Å²) in [5.41, 5.74) is 5.17. The molecule has 0 aromatic carbocycles. The van der Waals surface area contributed by atoms with Gasteiger partial charge in [-0.05, 0) is 18.6 Å². The van der Waals surface area contributed by atoms with Crippen molar-refractivity contribution in [2.45, 2.75) is 100 Å². The summed E-state index contributed by atoms with van der Waals surface area (Å²) in [5, 5.41) is 61.5. The first-order valence-corrected chi connectivity index (χ1v) is 14.6. The molecule has 2 amide bonds. The van der Waals surface area contributed by atoms with Gasteiger partial charge < -0.3 is 41.7 Å². The maximum absolute atomic E-state index is 12.8. The number of carbonyl (C=O) groups excluding carboxylic acids is 2. The molecular weight excluding hydrogens is 512 g/mol. The minimum Gasteiger partial charge on any atom is -0.481 e. The van der Waals surface area contributed by atoms with Gasteiger partial charge in [0, 0.05) is 16.8 Å². The van der Waals surface area contributed by atoms with E-state index in [2.05, 4.69) is 12.2 Å². The maximum atomic E-state index is 12.8. The molecule has 1 aliphatic carbocycles. The largest absolute Gasteiger partial charge is 0.481 e. The minimum absolute atomic E-state index is 0.0541. The smallest absolute Gasteiger partial charge is 0.305 e. The van der Waals surface area contributed by atoms with E-state index in [1.54, 1.807) is 0 Å². The van der Waals surface area contributed by atoms with Crippen LogP contribution in [0.2, 0.25) is 0 Å². The average molecular weight is 555 g/mol. The number of primary amides is 1. The summed E-state index contributed by atoms with van der Waals surface area (Å²) in [6, 6.07) is -1.49. The first-order valence-electron chi connectivity index (χ1n) is 12.4. The predicted octanol–water partition coefficient (Wildman–Crippen LogP) is -0.549. The highest BCUT2D eigenvalue weighted by atomic mass is 32.2. The Kier molecular flexibility index (Phi) is 15.9. The van der Waals surface area contributed by atoms with Crippen molar-refractivity contribution in [3.63, 3.8) is 0 Å². The van der Waals surface area contributed by atoms with Crippen LogP contribution in [0.15, 0.2) is 0 Å². The van der Waals surface area contributed by atoms with E-state index in [1.807, 2.05) is 0 Å². The van der Waals surface area contributed by atoms with Gasteiger partial charge in [-0.15, -0.1) is 0 Å². The highest BCUT2D eigenvalue weighted by Crippen LogP contribution is 2.35. The standard InChI is InChI=1S/C23H42N2O9S2/c1-2-3-4-5-6-7-8-35-11-16(27)17(28)12-36-21-13(9-15(26)19(31)20(21)32)23(34)25-14(22(24)33)10-18(29)30/h13-17,19-21,26-28,31-32H,2-12H2,1H3,(H2,24,33)(H,25,34)(H,29,30)/t13-,14-,15+,16-,17+,19-,20-,21-/m0/s1. The van der Waals surface area contributed by atoms with Crippen LogP contribution in [0.25, 0.3) is 0 Å². The van der Waals surface area contributed by atoms with E-state index in [9.17, 15) is 39.9 Å². The number of aliphatic hydroxyl groups excluding tert-OH is 5. The van der Waals surface area contributed by atoms with E-state index in [0.29, 0.717) is 5.75 Å². The summed E-state index contributed by atoms with van der Waals surface area (Å²) in [7, 11) is 0. The summed E-state index contributed by atoms with van der Waals surface area (Å²) in [4.78, 5) is 35.3. The SMILES string of the molecule is CCCCCCCCSC[C@H](O)[C@H](O)CS[C@@H]1[C@@H](O)[C@@H](O)[C@H](O)C[C@@H]1C(=O)N[C@@H](CC(=O)O)C(N)=O. The van der Waals surface area contributed by atoms with Crippen LogP contribution in [-0.2, 0) is 14.4 Å². The number of hydrogen-bond acceptors (Lipinski definition) is 10. The molecule has 0 saturated heterocycles. The number of aliphatic carboxylic acids is 1. The number of nitrogens with one attached hydrogen (secondary N) is 1. The normalized spacial score (nSPS) is 26.7. The van der Waals surface area contributed by atoms with Crippen LogP contribution < -0.4 is 11.1 Å². The number of nitrogens with two attached hydrogens (primary N) is 1. The van der Waals surface area contributed by atoms with Gasteiger partial charge in [-0.2, -0.15) is 23.5 Å². The maximum Gasteiger partial charge on any atom is 0.305 e. The monoisotopic (exact) mass is 554 g/mol. The van der Waals surface area contributed by atoms with Crippen LogP contribution >= 0.6 is 23.5 Å². The number of carbonyl (C=O) groups is 3. The van der Waals surface area contributed by atoms with Crippen molar-refractivity contribution in [3.05, 3.63) is 0 Å². The molecule has 0 bridgehead atoms. The zero-order chi connectivity index (χ0) is 27.3. The minimum atomic E-state index is -1.53. The van der Waals surface area contributed by atoms with Crippen molar-refractivity contribution < 1.29 is 45.0 Å². The fraction of sp³-hybridized carbons (Fsp3) is 0.870. The summed E-state index contributed by atoms with van der Waals surface area (Å²) in [6.45, 7) is 2.16. The fourth-order valence-corrected chi connectivity index (χ4v) is 6.47. The van der Waals surface area contributed by atoms with Crippen molar-refractivity contribution >= 4 is 41.3 Å². The molecule has 0 aromatic rings. The van der Waals surface area contributed by atoms with E-state index < -0.39 is 71.9 Å². The Morgan fingerprint density at radius 1 is 0.972 bits per heavy atom. The molecular formula is C23H42N2O9S2. The molecule has 9 N–H and O–H groups in total. The average Bonchev–Trinajstić information content (AvgIpc) is 2.82. The molecule has 0 radical (unpaired) electrons. The number of aliphatic hydroxyl groups is 5. The lowest BCUT2D eigenvalue weighted by Gasteiger charge is -2.40. The Balaban J connectivity index is 2.63. The van der Waals surface area contributed by atoms with Crippen LogP contribution in [0.3, 0.4) is 0 Å². The van der Waals surface area contributed by atoms with Gasteiger partial charge in [0.1, 0.15) is 12.1 Å². The van der Waals surface area contributed by atoms with Gasteiger partial charge in [-0.1, -0.05) is 39.0 Å². The summed E-state index contributed by atoms with van der Waals surface area (Å²) >= 11 is 2.49. The molecule has 13 heteroatoms. The molecule has 11 nitrogen and oxygen atoms in total. The third kappa shape index (κ3) is 11.5. The fourth-order valence-electron chi connectivity index (χ4n) is 3.96. The molecule has 210 valence electrons.